The van der Waals surface area contributed by atoms with Crippen LogP contribution in [0.25, 0.3) is 0 Å². The Morgan fingerprint density at radius 3 is 2.54 bits per heavy atom. The SMILES string of the molecule is N#C/C(=C/Nc1cccc(C(F)(F)F)c1)C(=O)Nc1ccc(Cl)c([N+](=O)[O-])c1. The van der Waals surface area contributed by atoms with E-state index >= 15 is 0 Å². The second kappa shape index (κ2) is 8.41. The number of nitriles is 1. The minimum Gasteiger partial charge on any atom is -0.360 e. The second-order valence-electron chi connectivity index (χ2n) is 5.27. The number of anilines is 2. The van der Waals surface area contributed by atoms with E-state index in [1.807, 2.05) is 0 Å². The lowest BCUT2D eigenvalue weighted by molar-refractivity contribution is -0.384. The van der Waals surface area contributed by atoms with Gasteiger partial charge in [0.25, 0.3) is 11.6 Å². The van der Waals surface area contributed by atoms with Gasteiger partial charge < -0.3 is 10.6 Å². The van der Waals surface area contributed by atoms with Crippen LogP contribution in [0.1, 0.15) is 5.56 Å². The van der Waals surface area contributed by atoms with Gasteiger partial charge in [-0.1, -0.05) is 17.7 Å². The lowest BCUT2D eigenvalue weighted by Crippen LogP contribution is -2.14. The summed E-state index contributed by atoms with van der Waals surface area (Å²) in [6.07, 6.45) is -3.62. The fraction of sp³-hybridized carbons (Fsp3) is 0.0588. The van der Waals surface area contributed by atoms with E-state index in [9.17, 15) is 28.1 Å². The largest absolute Gasteiger partial charge is 0.416 e. The molecule has 0 aromatic heterocycles. The van der Waals surface area contributed by atoms with Crippen molar-refractivity contribution in [2.45, 2.75) is 6.18 Å². The van der Waals surface area contributed by atoms with E-state index in [1.54, 1.807) is 6.07 Å². The zero-order chi connectivity index (χ0) is 20.9. The van der Waals surface area contributed by atoms with E-state index in [0.29, 0.717) is 0 Å². The van der Waals surface area contributed by atoms with Crippen LogP contribution in [0, 0.1) is 21.4 Å². The highest BCUT2D eigenvalue weighted by Crippen LogP contribution is 2.31. The Balaban J connectivity index is 2.17. The van der Waals surface area contributed by atoms with Crippen molar-refractivity contribution in [3.63, 3.8) is 0 Å². The highest BCUT2D eigenvalue weighted by molar-refractivity contribution is 6.32. The van der Waals surface area contributed by atoms with Gasteiger partial charge in [0.2, 0.25) is 0 Å². The molecule has 0 aliphatic rings. The third-order valence-electron chi connectivity index (χ3n) is 3.34. The van der Waals surface area contributed by atoms with Gasteiger partial charge in [0, 0.05) is 23.6 Å². The first-order valence-electron chi connectivity index (χ1n) is 7.41. The third-order valence-corrected chi connectivity index (χ3v) is 3.66. The van der Waals surface area contributed by atoms with Gasteiger partial charge in [-0.3, -0.25) is 14.9 Å². The van der Waals surface area contributed by atoms with Crippen molar-refractivity contribution in [2.24, 2.45) is 0 Å². The number of nitrogens with zero attached hydrogens (tertiary/aromatic N) is 2. The number of nitrogens with one attached hydrogen (secondary N) is 2. The van der Waals surface area contributed by atoms with Gasteiger partial charge in [0.1, 0.15) is 16.7 Å². The molecule has 1 amide bonds. The highest BCUT2D eigenvalue weighted by Gasteiger charge is 2.30. The van der Waals surface area contributed by atoms with Gasteiger partial charge in [-0.15, -0.1) is 0 Å². The molecule has 0 fully saturated rings. The summed E-state index contributed by atoms with van der Waals surface area (Å²) in [5.41, 5.74) is -1.78. The van der Waals surface area contributed by atoms with E-state index < -0.39 is 33.8 Å². The summed E-state index contributed by atoms with van der Waals surface area (Å²) in [6.45, 7) is 0. The Morgan fingerprint density at radius 1 is 1.21 bits per heavy atom. The molecule has 11 heteroatoms. The van der Waals surface area contributed by atoms with Crippen molar-refractivity contribution in [3.8, 4) is 6.07 Å². The molecule has 0 unspecified atom stereocenters. The maximum Gasteiger partial charge on any atom is 0.416 e. The molecule has 0 saturated carbocycles. The first-order valence-corrected chi connectivity index (χ1v) is 7.79. The first kappa shape index (κ1) is 20.7. The summed E-state index contributed by atoms with van der Waals surface area (Å²) in [5, 5.41) is 24.5. The van der Waals surface area contributed by atoms with Crippen molar-refractivity contribution < 1.29 is 22.9 Å². The molecule has 2 aromatic rings. The van der Waals surface area contributed by atoms with Crippen LogP contribution in [-0.4, -0.2) is 10.8 Å². The fourth-order valence-corrected chi connectivity index (χ4v) is 2.20. The number of alkyl halides is 3. The van der Waals surface area contributed by atoms with Crippen LogP contribution in [0.2, 0.25) is 5.02 Å². The Kier molecular flexibility index (Phi) is 6.22. The quantitative estimate of drug-likeness (QED) is 0.321. The highest BCUT2D eigenvalue weighted by atomic mass is 35.5. The number of hydrogen-bond donors (Lipinski definition) is 2. The van der Waals surface area contributed by atoms with Crippen molar-refractivity contribution >= 4 is 34.6 Å². The van der Waals surface area contributed by atoms with Gasteiger partial charge in [0.15, 0.2) is 0 Å². The molecule has 0 aliphatic carbocycles. The van der Waals surface area contributed by atoms with Gasteiger partial charge in [-0.05, 0) is 30.3 Å². The summed E-state index contributed by atoms with van der Waals surface area (Å²) in [5.74, 6) is -0.918. The second-order valence-corrected chi connectivity index (χ2v) is 5.68. The average molecular weight is 411 g/mol. The molecule has 2 rings (SSSR count). The zero-order valence-corrected chi connectivity index (χ0v) is 14.5. The number of nitro benzene ring substituents is 1. The maximum atomic E-state index is 12.7. The van der Waals surface area contributed by atoms with Crippen LogP contribution in [0.15, 0.2) is 54.2 Å². The average Bonchev–Trinajstić information content (AvgIpc) is 2.63. The number of halogens is 4. The zero-order valence-electron chi connectivity index (χ0n) is 13.7. The fourth-order valence-electron chi connectivity index (χ4n) is 2.02. The molecule has 0 bridgehead atoms. The lowest BCUT2D eigenvalue weighted by Gasteiger charge is -2.09. The topological polar surface area (TPSA) is 108 Å². The normalized spacial score (nSPS) is 11.5. The van der Waals surface area contributed by atoms with Gasteiger partial charge in [-0.25, -0.2) is 0 Å². The molecule has 0 radical (unpaired) electrons. The van der Waals surface area contributed by atoms with Crippen LogP contribution in [0.3, 0.4) is 0 Å². The molecular weight excluding hydrogens is 401 g/mol. The molecule has 0 heterocycles. The predicted molar refractivity (Wildman–Crippen MR) is 95.5 cm³/mol. The summed E-state index contributed by atoms with van der Waals surface area (Å²) in [4.78, 5) is 22.3. The summed E-state index contributed by atoms with van der Waals surface area (Å²) < 4.78 is 38.1. The van der Waals surface area contributed by atoms with Crippen LogP contribution in [-0.2, 0) is 11.0 Å². The number of benzene rings is 2. The third kappa shape index (κ3) is 5.21. The molecule has 0 saturated heterocycles. The number of hydrogen-bond acceptors (Lipinski definition) is 5. The number of carbonyl (C=O) groups is 1. The van der Waals surface area contributed by atoms with E-state index in [0.717, 1.165) is 30.5 Å². The molecule has 144 valence electrons. The maximum absolute atomic E-state index is 12.7. The van der Waals surface area contributed by atoms with Crippen LogP contribution in [0.5, 0.6) is 0 Å². The molecule has 28 heavy (non-hydrogen) atoms. The molecule has 0 aliphatic heterocycles. The van der Waals surface area contributed by atoms with E-state index in [1.165, 1.54) is 18.2 Å². The number of amides is 1. The first-order chi connectivity index (χ1) is 13.1. The Labute approximate surface area is 161 Å². The summed E-state index contributed by atoms with van der Waals surface area (Å²) in [7, 11) is 0. The predicted octanol–water partition coefficient (Wildman–Crippen LogP) is 4.73. The number of carbonyl (C=O) groups excluding carboxylic acids is 1. The summed E-state index contributed by atoms with van der Waals surface area (Å²) >= 11 is 5.67. The van der Waals surface area contributed by atoms with Crippen molar-refractivity contribution in [2.75, 3.05) is 10.6 Å². The van der Waals surface area contributed by atoms with Gasteiger partial charge in [0.05, 0.1) is 10.5 Å². The van der Waals surface area contributed by atoms with Crippen molar-refractivity contribution in [3.05, 3.63) is 74.9 Å². The number of rotatable bonds is 5. The minimum atomic E-state index is -4.54. The van der Waals surface area contributed by atoms with Gasteiger partial charge >= 0.3 is 6.18 Å². The van der Waals surface area contributed by atoms with E-state index in [-0.39, 0.29) is 16.4 Å². The smallest absolute Gasteiger partial charge is 0.360 e. The minimum absolute atomic E-state index is 0.0116. The van der Waals surface area contributed by atoms with Gasteiger partial charge in [-0.2, -0.15) is 18.4 Å². The van der Waals surface area contributed by atoms with Crippen molar-refractivity contribution in [1.82, 2.24) is 0 Å². The molecule has 0 atom stereocenters. The Morgan fingerprint density at radius 2 is 1.93 bits per heavy atom. The summed E-state index contributed by atoms with van der Waals surface area (Å²) in [6, 6.07) is 9.27. The van der Waals surface area contributed by atoms with Crippen molar-refractivity contribution in [1.29, 1.82) is 5.26 Å². The van der Waals surface area contributed by atoms with Crippen LogP contribution >= 0.6 is 11.6 Å². The Bertz CT molecular complexity index is 1000. The molecule has 2 N–H and O–H groups in total. The molecule has 2 aromatic carbocycles. The van der Waals surface area contributed by atoms with Crippen LogP contribution < -0.4 is 10.6 Å². The molecular formula is C17H10ClF3N4O3. The molecule has 7 nitrogen and oxygen atoms in total. The van der Waals surface area contributed by atoms with E-state index in [2.05, 4.69) is 10.6 Å². The van der Waals surface area contributed by atoms with Crippen LogP contribution in [0.4, 0.5) is 30.2 Å². The standard InChI is InChI=1S/C17H10ClF3N4O3/c18-14-5-4-13(7-15(14)25(27)28)24-16(26)10(8-22)9-23-12-3-1-2-11(6-12)17(19,20)21/h1-7,9,23H,(H,24,26)/b10-9-. The molecule has 0 spiro atoms. The monoisotopic (exact) mass is 410 g/mol. The Hall–Kier alpha value is -3.58. The van der Waals surface area contributed by atoms with E-state index in [4.69, 9.17) is 16.9 Å². The lowest BCUT2D eigenvalue weighted by atomic mass is 10.2. The number of nitro groups is 1.